The molecule has 2 aliphatic rings. The molecule has 0 radical (unpaired) electrons. The van der Waals surface area contributed by atoms with Crippen molar-refractivity contribution in [2.75, 3.05) is 32.2 Å². The van der Waals surface area contributed by atoms with Gasteiger partial charge in [0.15, 0.2) is 10.8 Å². The Kier molecular flexibility index (Phi) is 10.1. The van der Waals surface area contributed by atoms with Crippen LogP contribution in [0.1, 0.15) is 39.8 Å². The van der Waals surface area contributed by atoms with Crippen molar-refractivity contribution in [3.05, 3.63) is 11.1 Å². The topological polar surface area (TPSA) is 203 Å². The summed E-state index contributed by atoms with van der Waals surface area (Å²) in [6.45, 7) is 6.77. The maximum Gasteiger partial charge on any atom is 0.409 e. The van der Waals surface area contributed by atoms with E-state index in [0.717, 1.165) is 11.3 Å². The molecule has 2 aliphatic heterocycles. The molecule has 0 bridgehead atoms. The minimum Gasteiger partial charge on any atom is -0.449 e. The van der Waals surface area contributed by atoms with E-state index < -0.39 is 65.2 Å². The van der Waals surface area contributed by atoms with Crippen LogP contribution in [0, 0.1) is 11.3 Å². The number of amides is 3. The van der Waals surface area contributed by atoms with Crippen LogP contribution < -0.4 is 11.1 Å². The number of thiazole rings is 1. The van der Waals surface area contributed by atoms with Crippen LogP contribution in [0.15, 0.2) is 10.5 Å². The third kappa shape index (κ3) is 7.78. The SMILES string of the molecule is CC(OC(=O)CC(C)(C)C)OC(=O)C1C(COC(=O)N(C)C)CSC2C(NC(=O)/C(=N/O)c3csc(N)n3)C(=O)N21. The minimum absolute atomic E-state index is 0.0339. The quantitative estimate of drug-likeness (QED) is 0.0885. The Morgan fingerprint density at radius 2 is 1.98 bits per heavy atom. The number of fused-ring (bicyclic) bond motifs is 1. The number of aromatic nitrogens is 1. The first-order valence-electron chi connectivity index (χ1n) is 12.5. The second kappa shape index (κ2) is 12.9. The molecule has 17 heteroatoms. The highest BCUT2D eigenvalue weighted by atomic mass is 32.2. The number of hydrogen-bond acceptors (Lipinski definition) is 14. The van der Waals surface area contributed by atoms with E-state index in [9.17, 15) is 29.2 Å². The van der Waals surface area contributed by atoms with Gasteiger partial charge in [0.05, 0.1) is 13.0 Å². The number of nitrogens with zero attached hydrogens (tertiary/aromatic N) is 4. The summed E-state index contributed by atoms with van der Waals surface area (Å²) in [5.74, 6) is -3.27. The van der Waals surface area contributed by atoms with Crippen molar-refractivity contribution in [1.29, 1.82) is 0 Å². The van der Waals surface area contributed by atoms with E-state index in [0.29, 0.717) is 0 Å². The molecule has 1 aromatic rings. The molecular formula is C24H34N6O9S2. The molecular weight excluding hydrogens is 580 g/mol. The number of nitrogens with two attached hydrogens (primary N) is 1. The van der Waals surface area contributed by atoms with Gasteiger partial charge < -0.3 is 40.3 Å². The average molecular weight is 615 g/mol. The summed E-state index contributed by atoms with van der Waals surface area (Å²) < 4.78 is 15.9. The van der Waals surface area contributed by atoms with E-state index in [1.165, 1.54) is 48.0 Å². The summed E-state index contributed by atoms with van der Waals surface area (Å²) in [5.41, 5.74) is 4.86. The van der Waals surface area contributed by atoms with E-state index in [1.807, 2.05) is 20.8 Å². The molecule has 2 saturated heterocycles. The van der Waals surface area contributed by atoms with Crippen LogP contribution in [0.4, 0.5) is 9.93 Å². The molecule has 3 amide bonds. The number of nitrogen functional groups attached to an aromatic ring is 1. The second-order valence-corrected chi connectivity index (χ2v) is 12.9. The minimum atomic E-state index is -1.24. The number of ether oxygens (including phenoxy) is 3. The van der Waals surface area contributed by atoms with Crippen molar-refractivity contribution < 1.29 is 43.4 Å². The summed E-state index contributed by atoms with van der Waals surface area (Å²) in [7, 11) is 3.01. The van der Waals surface area contributed by atoms with Crippen LogP contribution in [-0.4, -0.2) is 106 Å². The Balaban J connectivity index is 1.74. The number of rotatable bonds is 9. The Hall–Kier alpha value is -3.60. The van der Waals surface area contributed by atoms with Crippen molar-refractivity contribution in [2.45, 2.75) is 57.9 Å². The Bertz CT molecular complexity index is 1210. The van der Waals surface area contributed by atoms with Gasteiger partial charge in [0.2, 0.25) is 12.2 Å². The van der Waals surface area contributed by atoms with Gasteiger partial charge in [0.25, 0.3) is 5.91 Å². The van der Waals surface area contributed by atoms with E-state index in [2.05, 4.69) is 15.5 Å². The molecule has 15 nitrogen and oxygen atoms in total. The van der Waals surface area contributed by atoms with Crippen LogP contribution in [0.3, 0.4) is 0 Å². The van der Waals surface area contributed by atoms with Gasteiger partial charge in [-0.3, -0.25) is 14.4 Å². The van der Waals surface area contributed by atoms with Crippen LogP contribution in [0.2, 0.25) is 0 Å². The average Bonchev–Trinajstić information content (AvgIpc) is 3.29. The molecule has 41 heavy (non-hydrogen) atoms. The monoisotopic (exact) mass is 614 g/mol. The largest absolute Gasteiger partial charge is 0.449 e. The van der Waals surface area contributed by atoms with Gasteiger partial charge in [0.1, 0.15) is 23.2 Å². The summed E-state index contributed by atoms with van der Waals surface area (Å²) in [6.07, 6.45) is -1.78. The molecule has 2 fully saturated rings. The van der Waals surface area contributed by atoms with Gasteiger partial charge in [-0.1, -0.05) is 25.9 Å². The maximum atomic E-state index is 13.3. The lowest BCUT2D eigenvalue weighted by Gasteiger charge is -2.54. The molecule has 1 aromatic heterocycles. The van der Waals surface area contributed by atoms with Crippen molar-refractivity contribution >= 4 is 63.8 Å². The molecule has 5 atom stereocenters. The van der Waals surface area contributed by atoms with Crippen LogP contribution in [0.5, 0.6) is 0 Å². The Morgan fingerprint density at radius 1 is 1.29 bits per heavy atom. The first-order chi connectivity index (χ1) is 19.1. The lowest BCUT2D eigenvalue weighted by molar-refractivity contribution is -0.195. The molecule has 3 heterocycles. The normalized spacial score (nSPS) is 23.0. The molecule has 4 N–H and O–H groups in total. The fraction of sp³-hybridized carbons (Fsp3) is 0.625. The number of nitrogens with one attached hydrogen (secondary N) is 1. The number of carbonyl (C=O) groups is 5. The summed E-state index contributed by atoms with van der Waals surface area (Å²) in [5, 5.41) is 15.8. The number of hydrogen-bond donors (Lipinski definition) is 3. The smallest absolute Gasteiger partial charge is 0.409 e. The Morgan fingerprint density at radius 3 is 2.54 bits per heavy atom. The van der Waals surface area contributed by atoms with E-state index >= 15 is 0 Å². The number of thioether (sulfide) groups is 1. The van der Waals surface area contributed by atoms with Crippen LogP contribution in [-0.2, 0) is 33.4 Å². The lowest BCUT2D eigenvalue weighted by atomic mass is 9.92. The first kappa shape index (κ1) is 31.9. The molecule has 5 unspecified atom stereocenters. The number of carbonyl (C=O) groups excluding carboxylic acids is 5. The lowest BCUT2D eigenvalue weighted by Crippen LogP contribution is -2.76. The van der Waals surface area contributed by atoms with Crippen molar-refractivity contribution in [1.82, 2.24) is 20.1 Å². The van der Waals surface area contributed by atoms with Gasteiger partial charge in [-0.2, -0.15) is 0 Å². The highest BCUT2D eigenvalue weighted by molar-refractivity contribution is 8.00. The van der Waals surface area contributed by atoms with Gasteiger partial charge >= 0.3 is 18.0 Å². The van der Waals surface area contributed by atoms with Crippen molar-refractivity contribution in [3.63, 3.8) is 0 Å². The molecule has 0 aromatic carbocycles. The second-order valence-electron chi connectivity index (χ2n) is 10.8. The molecule has 3 rings (SSSR count). The first-order valence-corrected chi connectivity index (χ1v) is 14.5. The number of esters is 2. The van der Waals surface area contributed by atoms with E-state index in [-0.39, 0.29) is 35.0 Å². The molecule has 0 saturated carbocycles. The zero-order chi connectivity index (χ0) is 30.6. The van der Waals surface area contributed by atoms with Crippen LogP contribution in [0.25, 0.3) is 0 Å². The highest BCUT2D eigenvalue weighted by Gasteiger charge is 2.58. The van der Waals surface area contributed by atoms with Gasteiger partial charge in [0, 0.05) is 38.1 Å². The maximum absolute atomic E-state index is 13.3. The Labute approximate surface area is 244 Å². The predicted molar refractivity (Wildman–Crippen MR) is 148 cm³/mol. The molecule has 0 spiro atoms. The van der Waals surface area contributed by atoms with E-state index in [1.54, 1.807) is 0 Å². The summed E-state index contributed by atoms with van der Waals surface area (Å²) in [6, 6.07) is -2.24. The fourth-order valence-corrected chi connectivity index (χ4v) is 6.16. The molecule has 0 aliphatic carbocycles. The summed E-state index contributed by atoms with van der Waals surface area (Å²) in [4.78, 5) is 70.1. The predicted octanol–water partition coefficient (Wildman–Crippen LogP) is 0.855. The highest BCUT2D eigenvalue weighted by Crippen LogP contribution is 2.41. The number of anilines is 1. The molecule has 226 valence electrons. The zero-order valence-electron chi connectivity index (χ0n) is 23.5. The van der Waals surface area contributed by atoms with E-state index in [4.69, 9.17) is 19.9 Å². The fourth-order valence-electron chi connectivity index (χ4n) is 4.12. The van der Waals surface area contributed by atoms with Gasteiger partial charge in [-0.05, 0) is 5.41 Å². The van der Waals surface area contributed by atoms with Gasteiger partial charge in [-0.15, -0.1) is 23.1 Å². The third-order valence-corrected chi connectivity index (χ3v) is 8.09. The summed E-state index contributed by atoms with van der Waals surface area (Å²) >= 11 is 2.31. The van der Waals surface area contributed by atoms with Crippen molar-refractivity contribution in [3.8, 4) is 0 Å². The number of β-lactam (4-membered cyclic amide) rings is 1. The standard InChI is InChI=1S/C24H34N6O9S2/c1-11(38-14(31)7-24(2,3)4)39-21(34)17-12(8-37-23(35)29(5)6)9-40-20-16(19(33)30(17)20)27-18(32)15(28-36)13-10-41-22(25)26-13/h10-12,16-17,20,36H,7-9H2,1-6H3,(H2,25,26)(H,27,32)/b28-15+. The van der Waals surface area contributed by atoms with Crippen LogP contribution >= 0.6 is 23.1 Å². The zero-order valence-corrected chi connectivity index (χ0v) is 25.1. The van der Waals surface area contributed by atoms with Crippen molar-refractivity contribution in [2.24, 2.45) is 16.5 Å². The van der Waals surface area contributed by atoms with Gasteiger partial charge in [-0.25, -0.2) is 14.6 Å². The number of oxime groups is 1. The third-order valence-electron chi connectivity index (χ3n) is 5.96.